The van der Waals surface area contributed by atoms with Crippen molar-refractivity contribution in [1.29, 1.82) is 0 Å². The number of alkyl halides is 2. The topological polar surface area (TPSA) is 85.0 Å². The molecular formula is C21H22F2N6O3. The summed E-state index contributed by atoms with van der Waals surface area (Å²) in [5.41, 5.74) is 1.42. The van der Waals surface area contributed by atoms with Gasteiger partial charge in [-0.05, 0) is 19.1 Å². The van der Waals surface area contributed by atoms with Crippen LogP contribution < -0.4 is 15.3 Å². The number of hydrogen-bond donors (Lipinski definition) is 0. The van der Waals surface area contributed by atoms with Crippen molar-refractivity contribution in [3.05, 3.63) is 46.6 Å². The molecule has 11 heteroatoms. The summed E-state index contributed by atoms with van der Waals surface area (Å²) in [5.74, 6) is -2.06. The maximum absolute atomic E-state index is 13.4. The van der Waals surface area contributed by atoms with Crippen molar-refractivity contribution in [1.82, 2.24) is 24.1 Å². The monoisotopic (exact) mass is 444 g/mol. The summed E-state index contributed by atoms with van der Waals surface area (Å²) in [4.78, 5) is 32.9. The Bertz CT molecular complexity index is 1240. The van der Waals surface area contributed by atoms with Crippen LogP contribution in [0.4, 0.5) is 20.3 Å². The molecule has 32 heavy (non-hydrogen) atoms. The molecule has 1 fully saturated rings. The molecule has 0 N–H and O–H groups in total. The van der Waals surface area contributed by atoms with E-state index in [-0.39, 0.29) is 37.5 Å². The second-order valence-electron chi connectivity index (χ2n) is 7.91. The van der Waals surface area contributed by atoms with E-state index in [1.165, 1.54) is 20.2 Å². The summed E-state index contributed by atoms with van der Waals surface area (Å²) in [6.07, 6.45) is 2.46. The van der Waals surface area contributed by atoms with Gasteiger partial charge in [0.05, 0.1) is 12.1 Å². The number of nitrogens with zero attached hydrogens (tertiary/aromatic N) is 6. The van der Waals surface area contributed by atoms with Crippen molar-refractivity contribution in [3.63, 3.8) is 0 Å². The van der Waals surface area contributed by atoms with Crippen LogP contribution in [0, 0.1) is 0 Å². The molecule has 168 valence electrons. The zero-order valence-corrected chi connectivity index (χ0v) is 17.5. The van der Waals surface area contributed by atoms with E-state index in [1.807, 2.05) is 11.8 Å². The van der Waals surface area contributed by atoms with E-state index in [0.29, 0.717) is 42.5 Å². The van der Waals surface area contributed by atoms with Gasteiger partial charge in [-0.25, -0.2) is 23.2 Å². The number of anilines is 2. The second kappa shape index (κ2) is 7.57. The van der Waals surface area contributed by atoms with Crippen LogP contribution in [0.25, 0.3) is 5.65 Å². The predicted octanol–water partition coefficient (Wildman–Crippen LogP) is 2.31. The smallest absolute Gasteiger partial charge is 0.350 e. The average Bonchev–Trinajstić information content (AvgIpc) is 3.12. The Morgan fingerprint density at radius 3 is 2.75 bits per heavy atom. The van der Waals surface area contributed by atoms with Gasteiger partial charge >= 0.3 is 5.69 Å². The van der Waals surface area contributed by atoms with Crippen LogP contribution in [-0.4, -0.2) is 62.1 Å². The molecule has 3 aromatic heterocycles. The summed E-state index contributed by atoms with van der Waals surface area (Å²) in [7, 11) is 0. The normalized spacial score (nSPS) is 17.8. The zero-order valence-electron chi connectivity index (χ0n) is 17.5. The molecule has 0 radical (unpaired) electrons. The molecule has 0 atom stereocenters. The fraction of sp³-hybridized carbons (Fsp3) is 0.429. The van der Waals surface area contributed by atoms with Gasteiger partial charge in [-0.1, -0.05) is 0 Å². The van der Waals surface area contributed by atoms with Crippen molar-refractivity contribution < 1.29 is 18.3 Å². The maximum atomic E-state index is 13.4. The second-order valence-corrected chi connectivity index (χ2v) is 7.91. The lowest BCUT2D eigenvalue weighted by Crippen LogP contribution is -2.42. The van der Waals surface area contributed by atoms with Crippen LogP contribution in [0.5, 0.6) is 5.75 Å². The highest BCUT2D eigenvalue weighted by atomic mass is 19.3. The Morgan fingerprint density at radius 2 is 2.00 bits per heavy atom. The van der Waals surface area contributed by atoms with Crippen LogP contribution in [0.1, 0.15) is 30.1 Å². The molecule has 0 aliphatic carbocycles. The number of hydrogen-bond acceptors (Lipinski definition) is 6. The van der Waals surface area contributed by atoms with E-state index >= 15 is 0 Å². The third-order valence-corrected chi connectivity index (χ3v) is 5.87. The lowest BCUT2D eigenvalue weighted by Gasteiger charge is -2.32. The molecule has 2 aliphatic heterocycles. The van der Waals surface area contributed by atoms with Gasteiger partial charge in [-0.15, -0.1) is 5.10 Å². The first-order valence-corrected chi connectivity index (χ1v) is 10.5. The van der Waals surface area contributed by atoms with E-state index in [2.05, 4.69) is 10.1 Å². The van der Waals surface area contributed by atoms with Crippen LogP contribution in [-0.2, 0) is 6.54 Å². The van der Waals surface area contributed by atoms with Gasteiger partial charge < -0.3 is 14.5 Å². The number of aromatic nitrogens is 4. The SMILES string of the molecule is CCn1nc2cc(N3CCOc4cc(C(=O)N5CCC(F)(F)CC5)cnc43)ccn2c1=O. The van der Waals surface area contributed by atoms with Gasteiger partial charge in [0.2, 0.25) is 0 Å². The third-order valence-electron chi connectivity index (χ3n) is 5.87. The Kier molecular flexibility index (Phi) is 4.83. The predicted molar refractivity (Wildman–Crippen MR) is 112 cm³/mol. The van der Waals surface area contributed by atoms with E-state index in [1.54, 1.807) is 24.4 Å². The van der Waals surface area contributed by atoms with E-state index in [9.17, 15) is 18.4 Å². The largest absolute Gasteiger partial charge is 0.488 e. The van der Waals surface area contributed by atoms with E-state index in [0.717, 1.165) is 5.69 Å². The number of likely N-dealkylation sites (tertiary alicyclic amines) is 1. The number of fused-ring (bicyclic) bond motifs is 2. The van der Waals surface area contributed by atoms with Gasteiger partial charge in [-0.3, -0.25) is 9.20 Å². The molecule has 0 unspecified atom stereocenters. The number of aryl methyl sites for hydroxylation is 1. The minimum atomic E-state index is -2.71. The summed E-state index contributed by atoms with van der Waals surface area (Å²) in [5, 5.41) is 4.33. The van der Waals surface area contributed by atoms with Crippen LogP contribution >= 0.6 is 0 Å². The number of rotatable bonds is 3. The van der Waals surface area contributed by atoms with Crippen molar-refractivity contribution in [2.75, 3.05) is 31.1 Å². The molecule has 0 spiro atoms. The number of carbonyl (C=O) groups is 1. The van der Waals surface area contributed by atoms with Gasteiger partial charge in [0.1, 0.15) is 6.61 Å². The molecular weight excluding hydrogens is 422 g/mol. The van der Waals surface area contributed by atoms with Crippen molar-refractivity contribution >= 4 is 23.1 Å². The number of piperidine rings is 1. The van der Waals surface area contributed by atoms with E-state index < -0.39 is 5.92 Å². The van der Waals surface area contributed by atoms with Crippen LogP contribution in [0.15, 0.2) is 35.4 Å². The molecule has 9 nitrogen and oxygen atoms in total. The van der Waals surface area contributed by atoms with Crippen molar-refractivity contribution in [2.24, 2.45) is 0 Å². The Balaban J connectivity index is 1.43. The fourth-order valence-corrected chi connectivity index (χ4v) is 4.07. The van der Waals surface area contributed by atoms with E-state index in [4.69, 9.17) is 4.74 Å². The average molecular weight is 444 g/mol. The number of pyridine rings is 2. The standard InChI is InChI=1S/C21H22F2N6O3/c1-2-29-20(31)28-6-3-15(12-17(28)25-29)27-9-10-32-16-11-14(13-24-18(16)27)19(30)26-7-4-21(22,23)5-8-26/h3,6,11-13H,2,4-5,7-10H2,1H3. The quantitative estimate of drug-likeness (QED) is 0.617. The molecule has 5 rings (SSSR count). The Labute approximate surface area is 181 Å². The van der Waals surface area contributed by atoms with Crippen LogP contribution in [0.2, 0.25) is 0 Å². The van der Waals surface area contributed by atoms with Crippen molar-refractivity contribution in [3.8, 4) is 5.75 Å². The summed E-state index contributed by atoms with van der Waals surface area (Å²) in [6.45, 7) is 3.26. The lowest BCUT2D eigenvalue weighted by molar-refractivity contribution is -0.0494. The number of carbonyl (C=O) groups excluding carboxylic acids is 1. The van der Waals surface area contributed by atoms with Gasteiger partial charge in [0.25, 0.3) is 11.8 Å². The maximum Gasteiger partial charge on any atom is 0.350 e. The first-order chi connectivity index (χ1) is 15.4. The Morgan fingerprint density at radius 1 is 1.22 bits per heavy atom. The first kappa shape index (κ1) is 20.4. The molecule has 5 heterocycles. The third kappa shape index (κ3) is 3.47. The molecule has 0 aromatic carbocycles. The summed E-state index contributed by atoms with van der Waals surface area (Å²) in [6, 6.07) is 5.22. The molecule has 0 saturated carbocycles. The number of halogens is 2. The van der Waals surface area contributed by atoms with Crippen LogP contribution in [0.3, 0.4) is 0 Å². The minimum Gasteiger partial charge on any atom is -0.488 e. The Hall–Kier alpha value is -3.50. The number of amides is 1. The van der Waals surface area contributed by atoms with Gasteiger partial charge in [0, 0.05) is 56.6 Å². The highest BCUT2D eigenvalue weighted by Gasteiger charge is 2.36. The molecule has 3 aromatic rings. The highest BCUT2D eigenvalue weighted by molar-refractivity contribution is 5.95. The minimum absolute atomic E-state index is 0.0136. The fourth-order valence-electron chi connectivity index (χ4n) is 4.07. The molecule has 1 saturated heterocycles. The summed E-state index contributed by atoms with van der Waals surface area (Å²) < 4.78 is 35.4. The summed E-state index contributed by atoms with van der Waals surface area (Å²) >= 11 is 0. The van der Waals surface area contributed by atoms with Crippen molar-refractivity contribution in [2.45, 2.75) is 32.2 Å². The number of ether oxygens (including phenoxy) is 1. The van der Waals surface area contributed by atoms with Gasteiger partial charge in [-0.2, -0.15) is 0 Å². The first-order valence-electron chi connectivity index (χ1n) is 10.5. The molecule has 0 bridgehead atoms. The van der Waals surface area contributed by atoms with Gasteiger partial charge in [0.15, 0.2) is 17.2 Å². The lowest BCUT2D eigenvalue weighted by atomic mass is 10.1. The highest BCUT2D eigenvalue weighted by Crippen LogP contribution is 2.36. The molecule has 1 amide bonds. The zero-order chi connectivity index (χ0) is 22.5. The molecule has 2 aliphatic rings.